The van der Waals surface area contributed by atoms with Gasteiger partial charge in [-0.1, -0.05) is 32.9 Å². The van der Waals surface area contributed by atoms with Crippen molar-refractivity contribution < 1.29 is 23.9 Å². The third-order valence-electron chi connectivity index (χ3n) is 7.90. The van der Waals surface area contributed by atoms with E-state index < -0.39 is 23.6 Å². The lowest BCUT2D eigenvalue weighted by molar-refractivity contribution is -0.140. The highest BCUT2D eigenvalue weighted by atomic mass is 32.1. The summed E-state index contributed by atoms with van der Waals surface area (Å²) in [7, 11) is 2.13. The lowest BCUT2D eigenvalue weighted by Gasteiger charge is -2.35. The highest BCUT2D eigenvalue weighted by molar-refractivity contribution is 7.14. The van der Waals surface area contributed by atoms with Crippen LogP contribution in [0.5, 0.6) is 0 Å². The minimum atomic E-state index is -0.834. The Hall–Kier alpha value is -2.86. The number of piperazine rings is 1. The van der Waals surface area contributed by atoms with Gasteiger partial charge in [-0.05, 0) is 31.5 Å². The molecule has 11 heteroatoms. The molecule has 10 nitrogen and oxygen atoms in total. The van der Waals surface area contributed by atoms with Gasteiger partial charge in [-0.15, -0.1) is 11.3 Å². The van der Waals surface area contributed by atoms with E-state index in [1.54, 1.807) is 28.4 Å². The summed E-state index contributed by atoms with van der Waals surface area (Å²) in [5.74, 6) is -0.775. The van der Waals surface area contributed by atoms with Gasteiger partial charge in [0, 0.05) is 49.3 Å². The molecule has 0 unspecified atom stereocenters. The standard InChI is InChI=1S/C29H39N5O5S/c1-6-38-22-15-34(23-21(35)16-39-24(22)23)27(37)25(29(2,3)4)31-26(36)19-9-7-18(8-10-19)20-17-40-28(30-20)33-13-11-32(5)12-14-33/h7-10,17,22-25H,6,11-16H2,1-5H3,(H,31,36)/t22-,23+,24+,25+/m0/s1. The largest absolute Gasteiger partial charge is 0.374 e. The average molecular weight is 570 g/mol. The summed E-state index contributed by atoms with van der Waals surface area (Å²) in [5.41, 5.74) is 1.67. The SMILES string of the molecule is CCO[C@H]1CN(C(=O)[C@@H](NC(=O)c2ccc(-c3csc(N4CCN(C)CC4)n3)cc2)C(C)(C)C)[C@@H]2C(=O)CO[C@H]12. The average Bonchev–Trinajstić information content (AvgIpc) is 3.65. The summed E-state index contributed by atoms with van der Waals surface area (Å²) in [5, 5.41) is 6.01. The number of Topliss-reactive ketones (excluding diaryl/α,β-unsaturated/α-hetero) is 1. The molecule has 216 valence electrons. The van der Waals surface area contributed by atoms with E-state index in [-0.39, 0.29) is 36.9 Å². The molecule has 3 aliphatic rings. The van der Waals surface area contributed by atoms with Crippen LogP contribution in [0.2, 0.25) is 0 Å². The van der Waals surface area contributed by atoms with Crippen molar-refractivity contribution >= 4 is 34.1 Å². The molecule has 0 aliphatic carbocycles. The Morgan fingerprint density at radius 3 is 2.52 bits per heavy atom. The Bertz CT molecular complexity index is 1230. The number of nitrogens with zero attached hydrogens (tertiary/aromatic N) is 4. The highest BCUT2D eigenvalue weighted by Gasteiger charge is 2.54. The molecule has 4 heterocycles. The maximum absolute atomic E-state index is 13.8. The van der Waals surface area contributed by atoms with Gasteiger partial charge in [-0.3, -0.25) is 14.4 Å². The molecule has 1 aromatic heterocycles. The fourth-order valence-electron chi connectivity index (χ4n) is 5.56. The van der Waals surface area contributed by atoms with Crippen LogP contribution < -0.4 is 10.2 Å². The summed E-state index contributed by atoms with van der Waals surface area (Å²) >= 11 is 1.63. The molecular formula is C29H39N5O5S. The minimum absolute atomic E-state index is 0.0303. The second-order valence-electron chi connectivity index (χ2n) is 11.8. The molecule has 0 bridgehead atoms. The van der Waals surface area contributed by atoms with Gasteiger partial charge >= 0.3 is 0 Å². The van der Waals surface area contributed by atoms with Gasteiger partial charge < -0.3 is 29.5 Å². The van der Waals surface area contributed by atoms with Gasteiger partial charge in [-0.25, -0.2) is 4.98 Å². The maximum atomic E-state index is 13.8. The zero-order valence-corrected chi connectivity index (χ0v) is 24.7. The van der Waals surface area contributed by atoms with Crippen molar-refractivity contribution in [3.05, 3.63) is 35.2 Å². The van der Waals surface area contributed by atoms with Gasteiger partial charge in [0.15, 0.2) is 10.9 Å². The summed E-state index contributed by atoms with van der Waals surface area (Å²) < 4.78 is 11.5. The van der Waals surface area contributed by atoms with Crippen LogP contribution in [0.4, 0.5) is 5.13 Å². The Morgan fingerprint density at radius 1 is 1.18 bits per heavy atom. The fraction of sp³-hybridized carbons (Fsp3) is 0.586. The Labute approximate surface area is 239 Å². The first-order chi connectivity index (χ1) is 19.1. The number of likely N-dealkylation sites (N-methyl/N-ethyl adjacent to an activating group) is 1. The van der Waals surface area contributed by atoms with Crippen molar-refractivity contribution in [2.45, 2.75) is 52.0 Å². The number of anilines is 1. The van der Waals surface area contributed by atoms with E-state index in [1.165, 1.54) is 0 Å². The summed E-state index contributed by atoms with van der Waals surface area (Å²) in [6.07, 6.45) is -0.834. The van der Waals surface area contributed by atoms with Crippen LogP contribution in [0.15, 0.2) is 29.6 Å². The molecule has 40 heavy (non-hydrogen) atoms. The molecule has 1 N–H and O–H groups in total. The second kappa shape index (κ2) is 11.6. The van der Waals surface area contributed by atoms with Crippen LogP contribution >= 0.6 is 11.3 Å². The molecule has 3 aliphatic heterocycles. The molecular weight excluding hydrogens is 530 g/mol. The maximum Gasteiger partial charge on any atom is 0.251 e. The van der Waals surface area contributed by atoms with Crippen molar-refractivity contribution in [1.29, 1.82) is 0 Å². The number of likely N-dealkylation sites (tertiary alicyclic amines) is 1. The van der Waals surface area contributed by atoms with Crippen LogP contribution in [0.1, 0.15) is 38.1 Å². The van der Waals surface area contributed by atoms with Crippen LogP contribution in [-0.2, 0) is 19.1 Å². The van der Waals surface area contributed by atoms with Crippen LogP contribution in [0, 0.1) is 5.41 Å². The molecule has 0 spiro atoms. The number of ketones is 1. The van der Waals surface area contributed by atoms with Gasteiger partial charge in [0.25, 0.3) is 5.91 Å². The third kappa shape index (κ3) is 5.79. The first-order valence-electron chi connectivity index (χ1n) is 13.9. The number of amides is 2. The van der Waals surface area contributed by atoms with E-state index in [0.717, 1.165) is 42.6 Å². The third-order valence-corrected chi connectivity index (χ3v) is 8.80. The lowest BCUT2D eigenvalue weighted by atomic mass is 9.85. The van der Waals surface area contributed by atoms with E-state index in [0.29, 0.717) is 12.2 Å². The number of nitrogens with one attached hydrogen (secondary N) is 1. The van der Waals surface area contributed by atoms with Crippen molar-refractivity contribution in [3.63, 3.8) is 0 Å². The van der Waals surface area contributed by atoms with E-state index in [1.807, 2.05) is 45.2 Å². The topological polar surface area (TPSA) is 104 Å². The number of thiazole rings is 1. The summed E-state index contributed by atoms with van der Waals surface area (Å²) in [4.78, 5) is 50.8. The zero-order chi connectivity index (χ0) is 28.6. The van der Waals surface area contributed by atoms with Crippen LogP contribution in [-0.4, -0.2) is 110 Å². The monoisotopic (exact) mass is 569 g/mol. The molecule has 0 radical (unpaired) electrons. The summed E-state index contributed by atoms with van der Waals surface area (Å²) in [6, 6.07) is 5.78. The van der Waals surface area contributed by atoms with Crippen LogP contribution in [0.3, 0.4) is 0 Å². The van der Waals surface area contributed by atoms with E-state index in [2.05, 4.69) is 22.2 Å². The molecule has 2 aromatic rings. The Morgan fingerprint density at radius 2 is 1.88 bits per heavy atom. The number of fused-ring (bicyclic) bond motifs is 1. The number of ether oxygens (including phenoxy) is 2. The number of carbonyl (C=O) groups excluding carboxylic acids is 3. The van der Waals surface area contributed by atoms with Crippen molar-refractivity contribution in [1.82, 2.24) is 20.1 Å². The van der Waals surface area contributed by atoms with E-state index in [4.69, 9.17) is 14.5 Å². The zero-order valence-electron chi connectivity index (χ0n) is 23.9. The number of hydrogen-bond acceptors (Lipinski definition) is 9. The van der Waals surface area contributed by atoms with Crippen LogP contribution in [0.25, 0.3) is 11.3 Å². The Kier molecular flexibility index (Phi) is 8.28. The molecule has 0 saturated carbocycles. The smallest absolute Gasteiger partial charge is 0.251 e. The van der Waals surface area contributed by atoms with Crippen molar-refractivity contribution in [2.75, 3.05) is 57.9 Å². The molecule has 3 saturated heterocycles. The normalized spacial score (nSPS) is 24.3. The number of carbonyl (C=O) groups is 3. The highest BCUT2D eigenvalue weighted by Crippen LogP contribution is 2.33. The fourth-order valence-corrected chi connectivity index (χ4v) is 6.45. The van der Waals surface area contributed by atoms with Gasteiger partial charge in [0.05, 0.1) is 12.2 Å². The van der Waals surface area contributed by atoms with Gasteiger partial charge in [0.2, 0.25) is 5.91 Å². The molecule has 1 aromatic carbocycles. The van der Waals surface area contributed by atoms with Crippen molar-refractivity contribution in [2.24, 2.45) is 5.41 Å². The second-order valence-corrected chi connectivity index (χ2v) is 12.7. The number of benzene rings is 1. The summed E-state index contributed by atoms with van der Waals surface area (Å²) in [6.45, 7) is 12.2. The number of rotatable bonds is 7. The number of hydrogen-bond donors (Lipinski definition) is 1. The number of aromatic nitrogens is 1. The quantitative estimate of drug-likeness (QED) is 0.542. The minimum Gasteiger partial charge on any atom is -0.374 e. The molecule has 5 rings (SSSR count). The lowest BCUT2D eigenvalue weighted by Crippen LogP contribution is -2.57. The first kappa shape index (κ1) is 28.7. The van der Waals surface area contributed by atoms with E-state index >= 15 is 0 Å². The van der Waals surface area contributed by atoms with Gasteiger partial charge in [0.1, 0.15) is 30.9 Å². The molecule has 3 fully saturated rings. The molecule has 4 atom stereocenters. The van der Waals surface area contributed by atoms with E-state index in [9.17, 15) is 14.4 Å². The molecule has 2 amide bonds. The Balaban J connectivity index is 1.28. The first-order valence-corrected chi connectivity index (χ1v) is 14.8. The van der Waals surface area contributed by atoms with Gasteiger partial charge in [-0.2, -0.15) is 0 Å². The predicted octanol–water partition coefficient (Wildman–Crippen LogP) is 2.29. The predicted molar refractivity (Wildman–Crippen MR) is 154 cm³/mol. The van der Waals surface area contributed by atoms with Crippen molar-refractivity contribution in [3.8, 4) is 11.3 Å².